The summed E-state index contributed by atoms with van der Waals surface area (Å²) >= 11 is 6.12. The van der Waals surface area contributed by atoms with E-state index in [2.05, 4.69) is 20.3 Å². The molecule has 3 N–H and O–H groups in total. The van der Waals surface area contributed by atoms with Crippen LogP contribution in [0.15, 0.2) is 64.3 Å². The number of rotatable bonds is 10. The number of piperidine rings is 1. The smallest absolute Gasteiger partial charge is 0.287 e. The number of aromatic nitrogens is 3. The maximum Gasteiger partial charge on any atom is 0.287 e. The molecule has 1 aliphatic carbocycles. The highest BCUT2D eigenvalue weighted by molar-refractivity contribution is 6.30. The molecular weight excluding hydrogens is 594 g/mol. The van der Waals surface area contributed by atoms with Crippen LogP contribution < -0.4 is 10.7 Å². The number of likely N-dealkylation sites (tertiary alicyclic amines) is 1. The number of aromatic hydroxyl groups is 2. The number of benzene rings is 2. The lowest BCUT2D eigenvalue weighted by Crippen LogP contribution is -2.48. The Morgan fingerprint density at radius 3 is 2.56 bits per heavy atom. The highest BCUT2D eigenvalue weighted by atomic mass is 35.5. The second-order valence-corrected chi connectivity index (χ2v) is 13.2. The summed E-state index contributed by atoms with van der Waals surface area (Å²) in [5.74, 6) is -0.672. The number of phenolic OH excluding ortho intramolecular Hbond substituents is 2. The Balaban J connectivity index is 1.15. The van der Waals surface area contributed by atoms with E-state index >= 15 is 0 Å². The van der Waals surface area contributed by atoms with E-state index < -0.39 is 17.1 Å². The molecule has 4 aromatic rings. The molecule has 1 atom stereocenters. The third-order valence-corrected chi connectivity index (χ3v) is 10.1. The van der Waals surface area contributed by atoms with Crippen LogP contribution in [0.3, 0.4) is 0 Å². The molecule has 1 saturated carbocycles. The molecule has 0 unspecified atom stereocenters. The number of halogens is 1. The molecule has 2 aliphatic rings. The van der Waals surface area contributed by atoms with Crippen LogP contribution in [0.2, 0.25) is 5.02 Å². The summed E-state index contributed by atoms with van der Waals surface area (Å²) in [4.78, 5) is 32.8. The third kappa shape index (κ3) is 7.34. The highest BCUT2D eigenvalue weighted by Gasteiger charge is 2.42. The van der Waals surface area contributed by atoms with E-state index in [1.807, 2.05) is 35.3 Å². The van der Waals surface area contributed by atoms with E-state index in [-0.39, 0.29) is 33.9 Å². The van der Waals surface area contributed by atoms with Gasteiger partial charge in [-0.25, -0.2) is 4.98 Å². The van der Waals surface area contributed by atoms with Gasteiger partial charge in [0.2, 0.25) is 0 Å². The lowest BCUT2D eigenvalue weighted by molar-refractivity contribution is 0.0104. The van der Waals surface area contributed by atoms with Crippen LogP contribution in [0.4, 0.5) is 0 Å². The Morgan fingerprint density at radius 2 is 1.84 bits per heavy atom. The second-order valence-electron chi connectivity index (χ2n) is 12.7. The Hall–Kier alpha value is -3.89. The lowest BCUT2D eigenvalue weighted by atomic mass is 9.63. The molecule has 0 bridgehead atoms. The maximum absolute atomic E-state index is 13.4. The van der Waals surface area contributed by atoms with Crippen molar-refractivity contribution in [1.29, 1.82) is 0 Å². The number of nitrogens with one attached hydrogen (secondary N) is 1. The molecule has 10 nitrogen and oxygen atoms in total. The molecule has 1 aliphatic heterocycles. The van der Waals surface area contributed by atoms with E-state index in [1.54, 1.807) is 6.33 Å². The molecule has 11 heteroatoms. The fourth-order valence-corrected chi connectivity index (χ4v) is 7.49. The van der Waals surface area contributed by atoms with Crippen LogP contribution in [-0.4, -0.2) is 61.5 Å². The Kier molecular flexibility index (Phi) is 9.42. The number of carbonyl (C=O) groups is 1. The van der Waals surface area contributed by atoms with Crippen molar-refractivity contribution in [2.45, 2.75) is 70.4 Å². The summed E-state index contributed by atoms with van der Waals surface area (Å²) in [6, 6.07) is 10.7. The van der Waals surface area contributed by atoms with Crippen LogP contribution in [0.25, 0.3) is 11.0 Å². The molecule has 0 spiro atoms. The predicted octanol–water partition coefficient (Wildman–Crippen LogP) is 5.54. The minimum atomic E-state index is -0.561. The van der Waals surface area contributed by atoms with Gasteiger partial charge in [0.1, 0.15) is 35.1 Å². The van der Waals surface area contributed by atoms with Gasteiger partial charge >= 0.3 is 0 Å². The van der Waals surface area contributed by atoms with E-state index in [1.165, 1.54) is 38.2 Å². The van der Waals surface area contributed by atoms with Gasteiger partial charge < -0.3 is 24.8 Å². The van der Waals surface area contributed by atoms with E-state index in [0.29, 0.717) is 23.8 Å². The number of hydrogen-bond acceptors (Lipinski definition) is 8. The van der Waals surface area contributed by atoms with Crippen molar-refractivity contribution in [3.63, 3.8) is 0 Å². The van der Waals surface area contributed by atoms with Crippen LogP contribution in [0, 0.1) is 11.3 Å². The summed E-state index contributed by atoms with van der Waals surface area (Å²) < 4.78 is 7.69. The summed E-state index contributed by atoms with van der Waals surface area (Å²) in [5, 5.41) is 28.1. The lowest BCUT2D eigenvalue weighted by Gasteiger charge is -2.48. The van der Waals surface area contributed by atoms with Crippen LogP contribution in [0.5, 0.6) is 11.5 Å². The van der Waals surface area contributed by atoms with Crippen molar-refractivity contribution in [2.24, 2.45) is 11.3 Å². The summed E-state index contributed by atoms with van der Waals surface area (Å²) in [6.45, 7) is 3.69. The zero-order valence-electron chi connectivity index (χ0n) is 25.3. The number of nitrogens with zero attached hydrogens (tertiary/aromatic N) is 4. The Morgan fingerprint density at radius 1 is 1.09 bits per heavy atom. The maximum atomic E-state index is 13.4. The first-order chi connectivity index (χ1) is 21.8. The standard InChI is InChI=1S/C34H40ClN5O5/c35-25-8-6-23(7-9-25)16-26(38-33(44)31-19-29(43)32-28(42)17-27(41)18-30(32)45-31)10-13-39-14-11-34(12-15-39,20-40-22-36-21-37-40)24-4-2-1-3-5-24/h6-9,17-19,21-22,24,26,41-42H,1-5,10-16,20H2,(H,38,44)/t26-/m1/s1. The minimum absolute atomic E-state index is 0.0555. The average Bonchev–Trinajstić information content (AvgIpc) is 3.54. The van der Waals surface area contributed by atoms with Gasteiger partial charge in [0.05, 0.1) is 0 Å². The summed E-state index contributed by atoms with van der Waals surface area (Å²) in [5.41, 5.74) is 0.633. The number of phenols is 2. The van der Waals surface area contributed by atoms with E-state index in [0.717, 1.165) is 56.7 Å². The molecule has 238 valence electrons. The van der Waals surface area contributed by atoms with Gasteiger partial charge in [-0.15, -0.1) is 0 Å². The van der Waals surface area contributed by atoms with Crippen LogP contribution in [-0.2, 0) is 13.0 Å². The molecule has 2 fully saturated rings. The van der Waals surface area contributed by atoms with Gasteiger partial charge in [-0.05, 0) is 80.6 Å². The molecule has 1 amide bonds. The first-order valence-corrected chi connectivity index (χ1v) is 16.3. The molecule has 0 radical (unpaired) electrons. The van der Waals surface area contributed by atoms with Crippen molar-refractivity contribution in [3.05, 3.63) is 81.7 Å². The normalized spacial score (nSPS) is 18.2. The molecule has 6 rings (SSSR count). The molecule has 45 heavy (non-hydrogen) atoms. The number of amides is 1. The third-order valence-electron chi connectivity index (χ3n) is 9.81. The van der Waals surface area contributed by atoms with E-state index in [9.17, 15) is 19.8 Å². The monoisotopic (exact) mass is 633 g/mol. The van der Waals surface area contributed by atoms with E-state index in [4.69, 9.17) is 16.0 Å². The van der Waals surface area contributed by atoms with Gasteiger partial charge in [0.15, 0.2) is 11.2 Å². The summed E-state index contributed by atoms with van der Waals surface area (Å²) in [7, 11) is 0. The van der Waals surface area contributed by atoms with Crippen molar-refractivity contribution in [1.82, 2.24) is 25.0 Å². The zero-order chi connectivity index (χ0) is 31.4. The first kappa shape index (κ1) is 31.1. The summed E-state index contributed by atoms with van der Waals surface area (Å²) in [6.07, 6.45) is 13.5. The quantitative estimate of drug-likeness (QED) is 0.207. The fraction of sp³-hybridized carbons (Fsp3) is 0.471. The number of hydrogen-bond donors (Lipinski definition) is 3. The minimum Gasteiger partial charge on any atom is -0.508 e. The largest absolute Gasteiger partial charge is 0.508 e. The molecule has 2 aromatic heterocycles. The van der Waals surface area contributed by atoms with Gasteiger partial charge in [-0.3, -0.25) is 14.3 Å². The van der Waals surface area contributed by atoms with Crippen molar-refractivity contribution >= 4 is 28.5 Å². The molecule has 1 saturated heterocycles. The van der Waals surface area contributed by atoms with Crippen LogP contribution >= 0.6 is 11.6 Å². The first-order valence-electron chi connectivity index (χ1n) is 15.9. The average molecular weight is 634 g/mol. The molecular formula is C34H40ClN5O5. The highest BCUT2D eigenvalue weighted by Crippen LogP contribution is 2.47. The molecule has 2 aromatic carbocycles. The molecule has 3 heterocycles. The van der Waals surface area contributed by atoms with Gasteiger partial charge in [0, 0.05) is 42.4 Å². The predicted molar refractivity (Wildman–Crippen MR) is 172 cm³/mol. The Labute approximate surface area is 267 Å². The SMILES string of the molecule is O=C(N[C@H](CCN1CCC(Cn2cncn2)(C2CCCCC2)CC1)Cc1ccc(Cl)cc1)c1cc(=O)c2c(O)cc(O)cc2o1. The van der Waals surface area contributed by atoms with Crippen molar-refractivity contribution in [3.8, 4) is 11.5 Å². The topological polar surface area (TPSA) is 134 Å². The van der Waals surface area contributed by atoms with Gasteiger partial charge in [0.25, 0.3) is 5.91 Å². The Bertz CT molecular complexity index is 1660. The van der Waals surface area contributed by atoms with Gasteiger partial charge in [-0.2, -0.15) is 5.10 Å². The van der Waals surface area contributed by atoms with Gasteiger partial charge in [-0.1, -0.05) is 43.0 Å². The fourth-order valence-electron chi connectivity index (χ4n) is 7.36. The van der Waals surface area contributed by atoms with Crippen molar-refractivity contribution < 1.29 is 19.4 Å². The van der Waals surface area contributed by atoms with Crippen molar-refractivity contribution in [2.75, 3.05) is 19.6 Å². The number of carbonyl (C=O) groups excluding carboxylic acids is 1. The zero-order valence-corrected chi connectivity index (χ0v) is 26.1. The number of fused-ring (bicyclic) bond motifs is 1. The second kappa shape index (κ2) is 13.6. The van der Waals surface area contributed by atoms with Crippen LogP contribution in [0.1, 0.15) is 67.5 Å².